The minimum Gasteiger partial charge on any atom is -0.748 e. The molecule has 1 N–H and O–H groups in total. The summed E-state index contributed by atoms with van der Waals surface area (Å²) in [6.07, 6.45) is 0.815. The van der Waals surface area contributed by atoms with Crippen LogP contribution in [-0.2, 0) is 10.1 Å². The quantitative estimate of drug-likeness (QED) is 0.542. The van der Waals surface area contributed by atoms with Gasteiger partial charge >= 0.3 is 0 Å². The van der Waals surface area contributed by atoms with E-state index in [1.807, 2.05) is 12.1 Å². The SMILES string of the molecule is O=Cc1ccc(N2CC[NH+](CCS(=O)(=O)[O-])CC2)cc1. The topological polar surface area (TPSA) is 82.0 Å². The van der Waals surface area contributed by atoms with Crippen molar-refractivity contribution in [3.05, 3.63) is 29.8 Å². The second-order valence-corrected chi connectivity index (χ2v) is 6.48. The van der Waals surface area contributed by atoms with Crippen LogP contribution in [0.4, 0.5) is 5.69 Å². The molecule has 2 rings (SSSR count). The van der Waals surface area contributed by atoms with Crippen molar-refractivity contribution in [3.63, 3.8) is 0 Å². The fourth-order valence-corrected chi connectivity index (χ4v) is 2.90. The van der Waals surface area contributed by atoms with Crippen molar-refractivity contribution in [3.8, 4) is 0 Å². The number of hydrogen-bond acceptors (Lipinski definition) is 5. The van der Waals surface area contributed by atoms with Gasteiger partial charge in [0.15, 0.2) is 0 Å². The van der Waals surface area contributed by atoms with Crippen LogP contribution < -0.4 is 9.80 Å². The number of piperazine rings is 1. The van der Waals surface area contributed by atoms with Crippen molar-refractivity contribution in [2.45, 2.75) is 0 Å². The molecule has 0 amide bonds. The van der Waals surface area contributed by atoms with Gasteiger partial charge in [-0.2, -0.15) is 0 Å². The molecule has 1 aromatic rings. The summed E-state index contributed by atoms with van der Waals surface area (Å²) in [5, 5.41) is 0. The zero-order chi connectivity index (χ0) is 14.6. The molecule has 1 aliphatic heterocycles. The maximum absolute atomic E-state index is 10.6. The Morgan fingerprint density at radius 3 is 2.30 bits per heavy atom. The van der Waals surface area contributed by atoms with Crippen LogP contribution in [0.2, 0.25) is 0 Å². The van der Waals surface area contributed by atoms with Crippen LogP contribution in [0.1, 0.15) is 10.4 Å². The fraction of sp³-hybridized carbons (Fsp3) is 0.462. The maximum atomic E-state index is 10.6. The van der Waals surface area contributed by atoms with E-state index in [0.29, 0.717) is 12.1 Å². The van der Waals surface area contributed by atoms with Crippen molar-refractivity contribution in [2.75, 3.05) is 43.4 Å². The lowest BCUT2D eigenvalue weighted by Gasteiger charge is -2.33. The summed E-state index contributed by atoms with van der Waals surface area (Å²) in [6.45, 7) is 3.63. The molecule has 6 nitrogen and oxygen atoms in total. The Labute approximate surface area is 118 Å². The summed E-state index contributed by atoms with van der Waals surface area (Å²) >= 11 is 0. The van der Waals surface area contributed by atoms with E-state index in [9.17, 15) is 17.8 Å². The Morgan fingerprint density at radius 1 is 1.20 bits per heavy atom. The first kappa shape index (κ1) is 15.0. The third-order valence-electron chi connectivity index (χ3n) is 3.57. The number of rotatable bonds is 5. The number of benzene rings is 1. The van der Waals surface area contributed by atoms with Gasteiger partial charge in [-0.1, -0.05) is 0 Å². The van der Waals surface area contributed by atoms with Crippen molar-refractivity contribution in [2.24, 2.45) is 0 Å². The van der Waals surface area contributed by atoms with Gasteiger partial charge < -0.3 is 14.4 Å². The zero-order valence-corrected chi connectivity index (χ0v) is 11.9. The minimum atomic E-state index is -4.11. The maximum Gasteiger partial charge on any atom is 0.150 e. The first-order chi connectivity index (χ1) is 9.48. The molecule has 0 radical (unpaired) electrons. The van der Waals surface area contributed by atoms with E-state index in [1.165, 1.54) is 0 Å². The summed E-state index contributed by atoms with van der Waals surface area (Å²) < 4.78 is 31.8. The Morgan fingerprint density at radius 2 is 1.80 bits per heavy atom. The van der Waals surface area contributed by atoms with Gasteiger partial charge in [-0.15, -0.1) is 0 Å². The lowest BCUT2D eigenvalue weighted by Crippen LogP contribution is -3.15. The molecule has 0 unspecified atom stereocenters. The average molecular weight is 298 g/mol. The molecule has 0 spiro atoms. The Hall–Kier alpha value is -1.44. The monoisotopic (exact) mass is 298 g/mol. The van der Waals surface area contributed by atoms with E-state index in [-0.39, 0.29) is 5.75 Å². The van der Waals surface area contributed by atoms with Gasteiger partial charge in [0.1, 0.15) is 16.4 Å². The number of carbonyl (C=O) groups is 1. The van der Waals surface area contributed by atoms with Crippen molar-refractivity contribution in [1.29, 1.82) is 0 Å². The molecule has 0 atom stereocenters. The van der Waals surface area contributed by atoms with Crippen molar-refractivity contribution >= 4 is 22.1 Å². The van der Waals surface area contributed by atoms with Gasteiger partial charge in [0.25, 0.3) is 0 Å². The number of aldehydes is 1. The number of nitrogens with zero attached hydrogens (tertiary/aromatic N) is 1. The third-order valence-corrected chi connectivity index (χ3v) is 4.27. The van der Waals surface area contributed by atoms with Gasteiger partial charge in [-0.25, -0.2) is 8.42 Å². The molecule has 0 aliphatic carbocycles. The number of hydrogen-bond donors (Lipinski definition) is 1. The summed E-state index contributed by atoms with van der Waals surface area (Å²) in [5.74, 6) is -0.295. The number of anilines is 1. The van der Waals surface area contributed by atoms with E-state index in [4.69, 9.17) is 0 Å². The standard InChI is InChI=1S/C13H18N2O4S/c16-11-12-1-3-13(4-2-12)15-7-5-14(6-8-15)9-10-20(17,18)19/h1-4,11H,5-10H2,(H,17,18,19). The van der Waals surface area contributed by atoms with Gasteiger partial charge in [0.2, 0.25) is 0 Å². The molecule has 1 fully saturated rings. The average Bonchev–Trinajstić information content (AvgIpc) is 2.45. The van der Waals surface area contributed by atoms with Crippen LogP contribution in [0.15, 0.2) is 24.3 Å². The largest absolute Gasteiger partial charge is 0.748 e. The molecule has 1 saturated heterocycles. The highest BCUT2D eigenvalue weighted by Crippen LogP contribution is 2.14. The van der Waals surface area contributed by atoms with E-state index < -0.39 is 10.1 Å². The first-order valence-corrected chi connectivity index (χ1v) is 8.13. The predicted octanol–water partition coefficient (Wildman–Crippen LogP) is -1.25. The Balaban J connectivity index is 1.85. The number of carbonyl (C=O) groups excluding carboxylic acids is 1. The van der Waals surface area contributed by atoms with Gasteiger partial charge in [0, 0.05) is 11.3 Å². The molecule has 0 saturated carbocycles. The van der Waals surface area contributed by atoms with E-state index >= 15 is 0 Å². The van der Waals surface area contributed by atoms with E-state index in [0.717, 1.165) is 43.1 Å². The summed E-state index contributed by atoms with van der Waals surface area (Å²) in [7, 11) is -4.11. The molecule has 0 bridgehead atoms. The van der Waals surface area contributed by atoms with Crippen LogP contribution in [0, 0.1) is 0 Å². The van der Waals surface area contributed by atoms with Crippen LogP contribution >= 0.6 is 0 Å². The molecule has 1 aromatic carbocycles. The molecular weight excluding hydrogens is 280 g/mol. The Bertz CT molecular complexity index is 548. The molecular formula is C13H18N2O4S. The highest BCUT2D eigenvalue weighted by molar-refractivity contribution is 7.85. The lowest BCUT2D eigenvalue weighted by atomic mass is 10.2. The van der Waals surface area contributed by atoms with Crippen LogP contribution in [0.3, 0.4) is 0 Å². The zero-order valence-electron chi connectivity index (χ0n) is 11.1. The second kappa shape index (κ2) is 6.34. The molecule has 20 heavy (non-hydrogen) atoms. The fourth-order valence-electron chi connectivity index (χ4n) is 2.36. The number of quaternary nitrogens is 1. The van der Waals surface area contributed by atoms with E-state index in [2.05, 4.69) is 4.90 Å². The second-order valence-electron chi connectivity index (χ2n) is 4.96. The van der Waals surface area contributed by atoms with Crippen molar-refractivity contribution < 1.29 is 22.7 Å². The van der Waals surface area contributed by atoms with Gasteiger partial charge in [-0.05, 0) is 24.3 Å². The van der Waals surface area contributed by atoms with Crippen LogP contribution in [-0.4, -0.2) is 57.7 Å². The molecule has 110 valence electrons. The lowest BCUT2D eigenvalue weighted by molar-refractivity contribution is -0.898. The summed E-state index contributed by atoms with van der Waals surface area (Å²) in [6, 6.07) is 7.39. The number of nitrogens with one attached hydrogen (secondary N) is 1. The minimum absolute atomic E-state index is 0.295. The predicted molar refractivity (Wildman–Crippen MR) is 74.2 cm³/mol. The molecule has 1 heterocycles. The first-order valence-electron chi connectivity index (χ1n) is 6.55. The summed E-state index contributed by atoms with van der Waals surface area (Å²) in [4.78, 5) is 13.9. The van der Waals surface area contributed by atoms with Crippen LogP contribution in [0.5, 0.6) is 0 Å². The van der Waals surface area contributed by atoms with E-state index in [1.54, 1.807) is 12.1 Å². The third kappa shape index (κ3) is 4.29. The smallest absolute Gasteiger partial charge is 0.150 e. The normalized spacial score (nSPS) is 17.1. The van der Waals surface area contributed by atoms with Crippen LogP contribution in [0.25, 0.3) is 0 Å². The molecule has 1 aliphatic rings. The highest BCUT2D eigenvalue weighted by atomic mass is 32.2. The molecule has 7 heteroatoms. The summed E-state index contributed by atoms with van der Waals surface area (Å²) in [5.41, 5.74) is 1.71. The van der Waals surface area contributed by atoms with Crippen molar-refractivity contribution in [1.82, 2.24) is 0 Å². The highest BCUT2D eigenvalue weighted by Gasteiger charge is 2.20. The molecule has 0 aromatic heterocycles. The Kier molecular flexibility index (Phi) is 4.74. The van der Waals surface area contributed by atoms with Gasteiger partial charge in [0.05, 0.1) is 38.5 Å². The van der Waals surface area contributed by atoms with Gasteiger partial charge in [-0.3, -0.25) is 4.79 Å².